The van der Waals surface area contributed by atoms with Gasteiger partial charge in [0.2, 0.25) is 5.91 Å². The number of aromatic nitrogens is 2. The zero-order valence-electron chi connectivity index (χ0n) is 15.4. The average Bonchev–Trinajstić information content (AvgIpc) is 2.71. The van der Waals surface area contributed by atoms with E-state index >= 15 is 0 Å². The first-order chi connectivity index (χ1) is 13.6. The molecule has 1 aromatic heterocycles. The molecule has 0 unspecified atom stereocenters. The molecule has 1 aliphatic heterocycles. The van der Waals surface area contributed by atoms with E-state index in [9.17, 15) is 9.59 Å². The largest absolute Gasteiger partial charge is 0.345 e. The molecule has 0 saturated heterocycles. The second-order valence-corrected chi connectivity index (χ2v) is 7.29. The van der Waals surface area contributed by atoms with E-state index in [-0.39, 0.29) is 17.5 Å². The van der Waals surface area contributed by atoms with Gasteiger partial charge in [-0.25, -0.2) is 4.98 Å². The van der Waals surface area contributed by atoms with E-state index in [1.54, 1.807) is 10.6 Å². The van der Waals surface area contributed by atoms with Crippen LogP contribution in [0.4, 0.5) is 0 Å². The Hall–Kier alpha value is -3.47. The predicted octanol–water partition coefficient (Wildman–Crippen LogP) is 3.52. The van der Waals surface area contributed by atoms with Crippen LogP contribution in [0.2, 0.25) is 0 Å². The Labute approximate surface area is 161 Å². The summed E-state index contributed by atoms with van der Waals surface area (Å²) in [6, 6.07) is 20.6. The Kier molecular flexibility index (Phi) is 3.76. The van der Waals surface area contributed by atoms with E-state index in [0.29, 0.717) is 23.1 Å². The number of carbonyl (C=O) groups is 1. The quantitative estimate of drug-likeness (QED) is 0.588. The summed E-state index contributed by atoms with van der Waals surface area (Å²) >= 11 is 0. The van der Waals surface area contributed by atoms with Gasteiger partial charge in [-0.15, -0.1) is 0 Å². The summed E-state index contributed by atoms with van der Waals surface area (Å²) in [4.78, 5) is 30.7. The van der Waals surface area contributed by atoms with Crippen molar-refractivity contribution < 1.29 is 4.79 Å². The first-order valence-electron chi connectivity index (χ1n) is 9.41. The fourth-order valence-corrected chi connectivity index (χ4v) is 4.03. The van der Waals surface area contributed by atoms with Crippen molar-refractivity contribution in [3.63, 3.8) is 0 Å². The first-order valence-corrected chi connectivity index (χ1v) is 9.41. The van der Waals surface area contributed by atoms with E-state index in [2.05, 4.69) is 34.6 Å². The van der Waals surface area contributed by atoms with Gasteiger partial charge in [0.25, 0.3) is 5.56 Å². The average molecular weight is 369 g/mol. The van der Waals surface area contributed by atoms with Gasteiger partial charge in [-0.1, -0.05) is 54.6 Å². The first kappa shape index (κ1) is 16.7. The van der Waals surface area contributed by atoms with Crippen molar-refractivity contribution in [3.05, 3.63) is 88.5 Å². The van der Waals surface area contributed by atoms with Crippen LogP contribution >= 0.6 is 0 Å². The fourth-order valence-electron chi connectivity index (χ4n) is 4.03. The van der Waals surface area contributed by atoms with Gasteiger partial charge in [-0.2, -0.15) is 0 Å². The van der Waals surface area contributed by atoms with Crippen LogP contribution in [0.1, 0.15) is 30.4 Å². The lowest BCUT2D eigenvalue weighted by Gasteiger charge is -2.31. The Balaban J connectivity index is 1.65. The number of hydrogen-bond acceptors (Lipinski definition) is 3. The second kappa shape index (κ2) is 6.30. The zero-order valence-corrected chi connectivity index (χ0v) is 15.4. The zero-order chi connectivity index (χ0) is 19.3. The Morgan fingerprint density at radius 2 is 1.71 bits per heavy atom. The maximum atomic E-state index is 13.2. The molecule has 138 valence electrons. The molecule has 0 radical (unpaired) electrons. The third-order valence-electron chi connectivity index (χ3n) is 5.44. The molecule has 5 rings (SSSR count). The minimum absolute atomic E-state index is 0.146. The Morgan fingerprint density at radius 1 is 0.964 bits per heavy atom. The Bertz CT molecular complexity index is 1290. The molecule has 5 heteroatoms. The van der Waals surface area contributed by atoms with Crippen LogP contribution < -0.4 is 10.9 Å². The van der Waals surface area contributed by atoms with Crippen molar-refractivity contribution in [1.82, 2.24) is 14.9 Å². The molecule has 4 aromatic rings. The van der Waals surface area contributed by atoms with Crippen LogP contribution in [0.15, 0.2) is 71.5 Å². The van der Waals surface area contributed by atoms with Crippen LogP contribution in [0.3, 0.4) is 0 Å². The highest BCUT2D eigenvalue weighted by molar-refractivity contribution is 5.85. The highest BCUT2D eigenvalue weighted by Crippen LogP contribution is 2.26. The van der Waals surface area contributed by atoms with Gasteiger partial charge in [0, 0.05) is 6.42 Å². The highest BCUT2D eigenvalue weighted by Gasteiger charge is 2.33. The number of amides is 1. The molecule has 28 heavy (non-hydrogen) atoms. The van der Waals surface area contributed by atoms with Crippen molar-refractivity contribution in [2.45, 2.75) is 25.4 Å². The molecular formula is C23H19N3O2. The minimum atomic E-state index is -0.614. The van der Waals surface area contributed by atoms with Gasteiger partial charge in [0.1, 0.15) is 11.9 Å². The summed E-state index contributed by atoms with van der Waals surface area (Å²) in [5, 5.41) is 5.78. The van der Waals surface area contributed by atoms with Gasteiger partial charge >= 0.3 is 0 Å². The minimum Gasteiger partial charge on any atom is -0.345 e. The maximum absolute atomic E-state index is 13.2. The van der Waals surface area contributed by atoms with Crippen LogP contribution in [-0.4, -0.2) is 15.5 Å². The van der Waals surface area contributed by atoms with Crippen LogP contribution in [0.5, 0.6) is 0 Å². The molecule has 0 spiro atoms. The van der Waals surface area contributed by atoms with E-state index in [4.69, 9.17) is 0 Å². The molecule has 2 atom stereocenters. The lowest BCUT2D eigenvalue weighted by atomic mass is 9.99. The van der Waals surface area contributed by atoms with Crippen molar-refractivity contribution >= 4 is 27.6 Å². The molecule has 1 aliphatic rings. The predicted molar refractivity (Wildman–Crippen MR) is 109 cm³/mol. The molecule has 0 saturated carbocycles. The number of nitrogens with one attached hydrogen (secondary N) is 1. The molecule has 5 nitrogen and oxygen atoms in total. The van der Waals surface area contributed by atoms with Crippen molar-refractivity contribution in [3.8, 4) is 0 Å². The van der Waals surface area contributed by atoms with Gasteiger partial charge in [-0.3, -0.25) is 14.2 Å². The summed E-state index contributed by atoms with van der Waals surface area (Å²) in [7, 11) is 0. The van der Waals surface area contributed by atoms with Crippen molar-refractivity contribution in [2.75, 3.05) is 0 Å². The van der Waals surface area contributed by atoms with Crippen LogP contribution in [0.25, 0.3) is 21.7 Å². The highest BCUT2D eigenvalue weighted by atomic mass is 16.2. The van der Waals surface area contributed by atoms with E-state index in [1.807, 2.05) is 43.3 Å². The number of rotatable bonds is 2. The third kappa shape index (κ3) is 2.59. The lowest BCUT2D eigenvalue weighted by Crippen LogP contribution is -2.47. The van der Waals surface area contributed by atoms with Gasteiger partial charge in [0.15, 0.2) is 0 Å². The summed E-state index contributed by atoms with van der Waals surface area (Å²) in [6.45, 7) is 1.86. The number of benzene rings is 3. The third-order valence-corrected chi connectivity index (χ3v) is 5.44. The number of hydrogen-bond donors (Lipinski definition) is 1. The Morgan fingerprint density at radius 3 is 2.57 bits per heavy atom. The summed E-state index contributed by atoms with van der Waals surface area (Å²) < 4.78 is 1.58. The van der Waals surface area contributed by atoms with Crippen molar-refractivity contribution in [2.24, 2.45) is 0 Å². The second-order valence-electron chi connectivity index (χ2n) is 7.29. The lowest BCUT2D eigenvalue weighted by molar-refractivity contribution is -0.126. The van der Waals surface area contributed by atoms with E-state index in [1.165, 1.54) is 0 Å². The molecule has 3 aromatic carbocycles. The standard InChI is InChI=1S/C23H19N3O2/c1-14-21-25-19-9-5-4-8-18(19)23(28)26(21)20(22(27)24-14)13-15-10-11-16-6-2-3-7-17(16)12-15/h2-12,14,20H,13H2,1H3,(H,24,27)/t14-,20+/m0/s1. The van der Waals surface area contributed by atoms with Crippen LogP contribution in [-0.2, 0) is 11.2 Å². The number of carbonyl (C=O) groups excluding carboxylic acids is 1. The fraction of sp³-hybridized carbons (Fsp3) is 0.174. The van der Waals surface area contributed by atoms with E-state index in [0.717, 1.165) is 16.3 Å². The number of nitrogens with zero attached hydrogens (tertiary/aromatic N) is 2. The van der Waals surface area contributed by atoms with Crippen molar-refractivity contribution in [1.29, 1.82) is 0 Å². The molecule has 1 amide bonds. The normalized spacial score (nSPS) is 18.8. The molecule has 1 N–H and O–H groups in total. The smallest absolute Gasteiger partial charge is 0.262 e. The van der Waals surface area contributed by atoms with Crippen LogP contribution in [0, 0.1) is 0 Å². The summed E-state index contributed by atoms with van der Waals surface area (Å²) in [6.07, 6.45) is 0.441. The molecule has 0 bridgehead atoms. The number of para-hydroxylation sites is 1. The SMILES string of the molecule is C[C@@H]1NC(=O)[C@@H](Cc2ccc3ccccc3c2)n2c1nc1ccccc1c2=O. The maximum Gasteiger partial charge on any atom is 0.262 e. The summed E-state index contributed by atoms with van der Waals surface area (Å²) in [5.41, 5.74) is 1.51. The van der Waals surface area contributed by atoms with Gasteiger partial charge in [-0.05, 0) is 35.4 Å². The topological polar surface area (TPSA) is 64.0 Å². The summed E-state index contributed by atoms with van der Waals surface area (Å²) in [5.74, 6) is 0.460. The molecular weight excluding hydrogens is 350 g/mol. The van der Waals surface area contributed by atoms with E-state index < -0.39 is 6.04 Å². The number of fused-ring (bicyclic) bond motifs is 3. The molecule has 0 aliphatic carbocycles. The monoisotopic (exact) mass is 369 g/mol. The van der Waals surface area contributed by atoms with Gasteiger partial charge in [0.05, 0.1) is 16.9 Å². The molecule has 0 fully saturated rings. The van der Waals surface area contributed by atoms with Gasteiger partial charge < -0.3 is 5.32 Å². The molecule has 2 heterocycles.